The molecular weight excluding hydrogens is 228 g/mol. The molecule has 1 amide bonds. The van der Waals surface area contributed by atoms with Crippen LogP contribution in [-0.4, -0.2) is 60.5 Å². The van der Waals surface area contributed by atoms with Gasteiger partial charge in [0.15, 0.2) is 0 Å². The minimum absolute atomic E-state index is 0.0949. The molecule has 5 heteroatoms. The van der Waals surface area contributed by atoms with Gasteiger partial charge in [-0.05, 0) is 12.6 Å². The van der Waals surface area contributed by atoms with E-state index in [-0.39, 0.29) is 5.91 Å². The van der Waals surface area contributed by atoms with Gasteiger partial charge in [-0.25, -0.2) is 0 Å². The van der Waals surface area contributed by atoms with E-state index in [1.807, 2.05) is 11.9 Å². The van der Waals surface area contributed by atoms with Crippen LogP contribution in [0.5, 0.6) is 0 Å². The maximum atomic E-state index is 12.4. The second-order valence-corrected chi connectivity index (χ2v) is 4.40. The fourth-order valence-corrected chi connectivity index (χ4v) is 2.22. The van der Waals surface area contributed by atoms with Gasteiger partial charge >= 0.3 is 0 Å². The number of hydrogen-bond donors (Lipinski definition) is 1. The molecule has 5 nitrogen and oxygen atoms in total. The van der Waals surface area contributed by atoms with E-state index >= 15 is 0 Å². The Morgan fingerprint density at radius 2 is 2.11 bits per heavy atom. The number of carbonyl (C=O) groups is 1. The molecule has 1 fully saturated rings. The van der Waals surface area contributed by atoms with E-state index in [0.29, 0.717) is 5.56 Å². The van der Waals surface area contributed by atoms with E-state index < -0.39 is 0 Å². The van der Waals surface area contributed by atoms with Crippen LogP contribution in [0.25, 0.3) is 0 Å². The highest BCUT2D eigenvalue weighted by Gasteiger charge is 2.22. The normalized spacial score (nSPS) is 16.7. The standard InChI is InChI=1S/C13H20N4O/c1-3-16-6-8-17(9-7-16)13(18)11-4-5-15-10-12(11)14-2/h4-5,10,14H,3,6-9H2,1-2H3. The average Bonchev–Trinajstić information content (AvgIpc) is 2.46. The van der Waals surface area contributed by atoms with Crippen molar-refractivity contribution in [3.05, 3.63) is 24.0 Å². The van der Waals surface area contributed by atoms with Gasteiger partial charge < -0.3 is 15.1 Å². The van der Waals surface area contributed by atoms with Gasteiger partial charge in [-0.15, -0.1) is 0 Å². The van der Waals surface area contributed by atoms with Gasteiger partial charge in [0, 0.05) is 39.4 Å². The van der Waals surface area contributed by atoms with E-state index in [4.69, 9.17) is 0 Å². The molecule has 0 unspecified atom stereocenters. The summed E-state index contributed by atoms with van der Waals surface area (Å²) >= 11 is 0. The molecule has 2 heterocycles. The van der Waals surface area contributed by atoms with Gasteiger partial charge in [-0.2, -0.15) is 0 Å². The predicted octanol–water partition coefficient (Wildman–Crippen LogP) is 0.901. The van der Waals surface area contributed by atoms with E-state index in [1.165, 1.54) is 0 Å². The Morgan fingerprint density at radius 1 is 1.39 bits per heavy atom. The zero-order chi connectivity index (χ0) is 13.0. The van der Waals surface area contributed by atoms with Crippen molar-refractivity contribution in [3.8, 4) is 0 Å². The van der Waals surface area contributed by atoms with Gasteiger partial charge in [0.25, 0.3) is 5.91 Å². The Bertz CT molecular complexity index is 413. The molecule has 1 aliphatic rings. The lowest BCUT2D eigenvalue weighted by Gasteiger charge is -2.34. The van der Waals surface area contributed by atoms with Crippen molar-refractivity contribution < 1.29 is 4.79 Å². The minimum Gasteiger partial charge on any atom is -0.386 e. The molecule has 98 valence electrons. The van der Waals surface area contributed by atoms with Crippen LogP contribution in [0.2, 0.25) is 0 Å². The molecule has 1 N–H and O–H groups in total. The molecule has 1 saturated heterocycles. The summed E-state index contributed by atoms with van der Waals surface area (Å²) in [6.45, 7) is 6.74. The van der Waals surface area contributed by atoms with Crippen LogP contribution in [0.15, 0.2) is 18.5 Å². The molecule has 0 spiro atoms. The third kappa shape index (κ3) is 2.61. The van der Waals surface area contributed by atoms with Crippen LogP contribution in [0, 0.1) is 0 Å². The smallest absolute Gasteiger partial charge is 0.256 e. The van der Waals surface area contributed by atoms with Crippen molar-refractivity contribution in [2.24, 2.45) is 0 Å². The first kappa shape index (κ1) is 12.8. The number of aromatic nitrogens is 1. The summed E-state index contributed by atoms with van der Waals surface area (Å²) in [5.41, 5.74) is 1.50. The molecule has 0 aromatic carbocycles. The second kappa shape index (κ2) is 5.82. The molecule has 2 rings (SSSR count). The number of nitrogens with zero attached hydrogens (tertiary/aromatic N) is 3. The summed E-state index contributed by atoms with van der Waals surface area (Å²) in [4.78, 5) is 20.7. The molecule has 1 aliphatic heterocycles. The lowest BCUT2D eigenvalue weighted by Crippen LogP contribution is -2.48. The van der Waals surface area contributed by atoms with Crippen LogP contribution in [0.4, 0.5) is 5.69 Å². The van der Waals surface area contributed by atoms with Crippen molar-refractivity contribution in [2.45, 2.75) is 6.92 Å². The lowest BCUT2D eigenvalue weighted by atomic mass is 10.2. The van der Waals surface area contributed by atoms with E-state index in [1.54, 1.807) is 18.5 Å². The van der Waals surface area contributed by atoms with Crippen LogP contribution >= 0.6 is 0 Å². The quantitative estimate of drug-likeness (QED) is 0.863. The van der Waals surface area contributed by atoms with E-state index in [0.717, 1.165) is 38.4 Å². The average molecular weight is 248 g/mol. The summed E-state index contributed by atoms with van der Waals surface area (Å²) in [5, 5.41) is 3.02. The molecule has 0 saturated carbocycles. The van der Waals surface area contributed by atoms with Crippen LogP contribution < -0.4 is 5.32 Å². The van der Waals surface area contributed by atoms with Crippen LogP contribution in [0.3, 0.4) is 0 Å². The van der Waals surface area contributed by atoms with E-state index in [9.17, 15) is 4.79 Å². The second-order valence-electron chi connectivity index (χ2n) is 4.40. The topological polar surface area (TPSA) is 48.5 Å². The zero-order valence-corrected chi connectivity index (χ0v) is 11.0. The number of hydrogen-bond acceptors (Lipinski definition) is 4. The highest BCUT2D eigenvalue weighted by molar-refractivity contribution is 5.99. The first-order valence-electron chi connectivity index (χ1n) is 6.39. The molecule has 18 heavy (non-hydrogen) atoms. The number of pyridine rings is 1. The van der Waals surface area contributed by atoms with E-state index in [2.05, 4.69) is 22.1 Å². The number of amides is 1. The number of piperazine rings is 1. The fraction of sp³-hybridized carbons (Fsp3) is 0.538. The van der Waals surface area contributed by atoms with Gasteiger partial charge in [0.05, 0.1) is 17.4 Å². The Labute approximate surface area is 108 Å². The molecule has 1 aromatic heterocycles. The summed E-state index contributed by atoms with van der Waals surface area (Å²) < 4.78 is 0. The summed E-state index contributed by atoms with van der Waals surface area (Å²) in [7, 11) is 1.81. The lowest BCUT2D eigenvalue weighted by molar-refractivity contribution is 0.0644. The van der Waals surface area contributed by atoms with Gasteiger partial charge in [0.1, 0.15) is 0 Å². The van der Waals surface area contributed by atoms with Crippen molar-refractivity contribution in [3.63, 3.8) is 0 Å². The molecular formula is C13H20N4O. The largest absolute Gasteiger partial charge is 0.386 e. The third-order valence-electron chi connectivity index (χ3n) is 3.43. The van der Waals surface area contributed by atoms with Gasteiger partial charge in [-0.1, -0.05) is 6.92 Å². The monoisotopic (exact) mass is 248 g/mol. The zero-order valence-electron chi connectivity index (χ0n) is 11.0. The van der Waals surface area contributed by atoms with Gasteiger partial charge in [0.2, 0.25) is 0 Å². The molecule has 0 atom stereocenters. The molecule has 0 radical (unpaired) electrons. The summed E-state index contributed by atoms with van der Waals surface area (Å²) in [6.07, 6.45) is 3.35. The maximum Gasteiger partial charge on any atom is 0.256 e. The van der Waals surface area contributed by atoms with Crippen molar-refractivity contribution >= 4 is 11.6 Å². The minimum atomic E-state index is 0.0949. The first-order valence-corrected chi connectivity index (χ1v) is 6.39. The van der Waals surface area contributed by atoms with Crippen molar-refractivity contribution in [1.29, 1.82) is 0 Å². The SMILES string of the molecule is CCN1CCN(C(=O)c2ccncc2NC)CC1. The number of nitrogens with one attached hydrogen (secondary N) is 1. The summed E-state index contributed by atoms with van der Waals surface area (Å²) in [5.74, 6) is 0.0949. The number of anilines is 1. The number of likely N-dealkylation sites (N-methyl/N-ethyl adjacent to an activating group) is 1. The Kier molecular flexibility index (Phi) is 4.15. The molecule has 0 aliphatic carbocycles. The highest BCUT2D eigenvalue weighted by Crippen LogP contribution is 2.16. The molecule has 1 aromatic rings. The third-order valence-corrected chi connectivity index (χ3v) is 3.43. The van der Waals surface area contributed by atoms with Gasteiger partial charge in [-0.3, -0.25) is 9.78 Å². The summed E-state index contributed by atoms with van der Waals surface area (Å²) in [6, 6.07) is 1.78. The van der Waals surface area contributed by atoms with Crippen molar-refractivity contribution in [2.75, 3.05) is 45.1 Å². The fourth-order valence-electron chi connectivity index (χ4n) is 2.22. The predicted molar refractivity (Wildman–Crippen MR) is 71.8 cm³/mol. The Hall–Kier alpha value is -1.62. The van der Waals surface area contributed by atoms with Crippen molar-refractivity contribution in [1.82, 2.24) is 14.8 Å². The van der Waals surface area contributed by atoms with Crippen LogP contribution in [0.1, 0.15) is 17.3 Å². The number of rotatable bonds is 3. The highest BCUT2D eigenvalue weighted by atomic mass is 16.2. The maximum absolute atomic E-state index is 12.4. The Morgan fingerprint density at radius 3 is 2.72 bits per heavy atom. The first-order chi connectivity index (χ1) is 8.76. The molecule has 0 bridgehead atoms. The number of carbonyl (C=O) groups excluding carboxylic acids is 1. The van der Waals surface area contributed by atoms with Crippen LogP contribution in [-0.2, 0) is 0 Å². The Balaban J connectivity index is 2.08.